The molecule has 0 aromatic carbocycles. The molecule has 3 amide bonds. The minimum absolute atomic E-state index is 0.0382. The van der Waals surface area contributed by atoms with Crippen LogP contribution in [0.4, 0.5) is 9.80 Å². The number of thiophene rings is 1. The van der Waals surface area contributed by atoms with Gasteiger partial charge >= 0.3 is 6.09 Å². The van der Waals surface area contributed by atoms with Crippen LogP contribution in [0.5, 0.6) is 0 Å². The molecular formula is C16H20N2O4S. The molecule has 2 aliphatic carbocycles. The lowest BCUT2D eigenvalue weighted by Crippen LogP contribution is -2.31. The first-order valence-electron chi connectivity index (χ1n) is 7.84. The van der Waals surface area contributed by atoms with Crippen LogP contribution in [0.2, 0.25) is 0 Å². The zero-order valence-electron chi connectivity index (χ0n) is 13.2. The Morgan fingerprint density at radius 3 is 2.61 bits per heavy atom. The molecule has 2 aliphatic rings. The van der Waals surface area contributed by atoms with E-state index in [-0.39, 0.29) is 11.8 Å². The Labute approximate surface area is 138 Å². The highest BCUT2D eigenvalue weighted by molar-refractivity contribution is 7.17. The van der Waals surface area contributed by atoms with Gasteiger partial charge in [-0.05, 0) is 43.6 Å². The lowest BCUT2D eigenvalue weighted by Gasteiger charge is -2.18. The van der Waals surface area contributed by atoms with Crippen molar-refractivity contribution in [2.75, 3.05) is 12.4 Å². The second-order valence-corrected chi connectivity index (χ2v) is 7.37. The molecule has 0 saturated heterocycles. The van der Waals surface area contributed by atoms with Gasteiger partial charge in [-0.1, -0.05) is 6.92 Å². The Kier molecular flexibility index (Phi) is 4.39. The molecule has 3 rings (SSSR count). The number of nitrogens with one attached hydrogen (secondary N) is 2. The van der Waals surface area contributed by atoms with E-state index in [1.165, 1.54) is 18.4 Å². The first-order valence-corrected chi connectivity index (χ1v) is 8.66. The topological polar surface area (TPSA) is 84.5 Å². The number of hydrogen-bond donors (Lipinski definition) is 2. The molecular weight excluding hydrogens is 316 g/mol. The molecule has 0 bridgehead atoms. The van der Waals surface area contributed by atoms with Crippen LogP contribution in [0.1, 0.15) is 47.0 Å². The fourth-order valence-electron chi connectivity index (χ4n) is 2.84. The minimum atomic E-state index is -0.793. The summed E-state index contributed by atoms with van der Waals surface area (Å²) in [7, 11) is 1.21. The summed E-state index contributed by atoms with van der Waals surface area (Å²) in [4.78, 5) is 37.0. The van der Waals surface area contributed by atoms with Gasteiger partial charge < -0.3 is 10.1 Å². The van der Waals surface area contributed by atoms with Crippen LogP contribution in [0.3, 0.4) is 0 Å². The SMILES string of the molecule is COC(=O)NC(=O)c1c(NC(=O)C2CC2)sc2c1CC[C@H](C)C2. The normalized spacial score (nSPS) is 19.7. The molecule has 1 saturated carbocycles. The number of ether oxygens (including phenoxy) is 1. The molecule has 2 N–H and O–H groups in total. The van der Waals surface area contributed by atoms with E-state index >= 15 is 0 Å². The highest BCUT2D eigenvalue weighted by atomic mass is 32.1. The van der Waals surface area contributed by atoms with Crippen LogP contribution in [0.25, 0.3) is 0 Å². The van der Waals surface area contributed by atoms with E-state index in [9.17, 15) is 14.4 Å². The maximum absolute atomic E-state index is 12.5. The van der Waals surface area contributed by atoms with Crippen LogP contribution < -0.4 is 10.6 Å². The van der Waals surface area contributed by atoms with E-state index in [0.29, 0.717) is 16.5 Å². The average Bonchev–Trinajstić information content (AvgIpc) is 3.29. The lowest BCUT2D eigenvalue weighted by atomic mass is 9.88. The van der Waals surface area contributed by atoms with Gasteiger partial charge in [-0.15, -0.1) is 11.3 Å². The van der Waals surface area contributed by atoms with Crippen molar-refractivity contribution >= 4 is 34.2 Å². The van der Waals surface area contributed by atoms with Crippen LogP contribution >= 0.6 is 11.3 Å². The third kappa shape index (κ3) is 3.39. The Hall–Kier alpha value is -1.89. The predicted octanol–water partition coefficient (Wildman–Crippen LogP) is 2.72. The number of rotatable bonds is 3. The molecule has 1 fully saturated rings. The lowest BCUT2D eigenvalue weighted by molar-refractivity contribution is -0.117. The summed E-state index contributed by atoms with van der Waals surface area (Å²) >= 11 is 1.46. The molecule has 0 spiro atoms. The zero-order chi connectivity index (χ0) is 16.6. The summed E-state index contributed by atoms with van der Waals surface area (Å²) in [6.45, 7) is 2.18. The smallest absolute Gasteiger partial charge is 0.413 e. The molecule has 1 aromatic rings. The largest absolute Gasteiger partial charge is 0.453 e. The maximum Gasteiger partial charge on any atom is 0.413 e. The van der Waals surface area contributed by atoms with Crippen LogP contribution in [-0.2, 0) is 22.4 Å². The number of hydrogen-bond acceptors (Lipinski definition) is 5. The summed E-state index contributed by atoms with van der Waals surface area (Å²) in [5, 5.41) is 5.65. The van der Waals surface area contributed by atoms with Crippen molar-refractivity contribution in [1.29, 1.82) is 0 Å². The number of methoxy groups -OCH3 is 1. The number of fused-ring (bicyclic) bond motifs is 1. The van der Waals surface area contributed by atoms with Gasteiger partial charge in [0.1, 0.15) is 5.00 Å². The molecule has 1 heterocycles. The molecule has 1 atom stereocenters. The van der Waals surface area contributed by atoms with Crippen LogP contribution in [0.15, 0.2) is 0 Å². The van der Waals surface area contributed by atoms with E-state index in [1.807, 2.05) is 0 Å². The Bertz CT molecular complexity index is 663. The van der Waals surface area contributed by atoms with E-state index in [2.05, 4.69) is 22.3 Å². The molecule has 7 heteroatoms. The fourth-order valence-corrected chi connectivity index (χ4v) is 4.26. The summed E-state index contributed by atoms with van der Waals surface area (Å²) < 4.78 is 4.49. The summed E-state index contributed by atoms with van der Waals surface area (Å²) in [6, 6.07) is 0. The van der Waals surface area contributed by atoms with Gasteiger partial charge in [-0.2, -0.15) is 0 Å². The highest BCUT2D eigenvalue weighted by Crippen LogP contribution is 2.40. The Balaban J connectivity index is 1.91. The van der Waals surface area contributed by atoms with E-state index in [1.54, 1.807) is 0 Å². The minimum Gasteiger partial charge on any atom is -0.453 e. The van der Waals surface area contributed by atoms with Crippen molar-refractivity contribution in [2.24, 2.45) is 11.8 Å². The molecule has 1 aromatic heterocycles. The zero-order valence-corrected chi connectivity index (χ0v) is 14.0. The van der Waals surface area contributed by atoms with Gasteiger partial charge in [0.05, 0.1) is 12.7 Å². The molecule has 0 unspecified atom stereocenters. The van der Waals surface area contributed by atoms with Gasteiger partial charge in [-0.3, -0.25) is 14.9 Å². The number of imide groups is 1. The Morgan fingerprint density at radius 2 is 1.96 bits per heavy atom. The third-order valence-corrected chi connectivity index (χ3v) is 5.49. The van der Waals surface area contributed by atoms with Gasteiger partial charge in [0.15, 0.2) is 0 Å². The number of anilines is 1. The standard InChI is InChI=1S/C16H20N2O4S/c1-8-3-6-10-11(7-8)23-15(17-13(19)9-4-5-9)12(10)14(20)18-16(21)22-2/h8-9H,3-7H2,1-2H3,(H,17,19)(H,18,20,21)/t8-/m0/s1. The summed E-state index contributed by atoms with van der Waals surface area (Å²) in [5.41, 5.74) is 1.39. The van der Waals surface area contributed by atoms with E-state index in [4.69, 9.17) is 0 Å². The van der Waals surface area contributed by atoms with E-state index in [0.717, 1.165) is 42.5 Å². The number of carbonyl (C=O) groups excluding carboxylic acids is 3. The predicted molar refractivity (Wildman–Crippen MR) is 86.7 cm³/mol. The molecule has 0 aliphatic heterocycles. The van der Waals surface area contributed by atoms with Crippen molar-refractivity contribution in [3.8, 4) is 0 Å². The maximum atomic E-state index is 12.5. The van der Waals surface area contributed by atoms with Gasteiger partial charge in [-0.25, -0.2) is 4.79 Å². The second-order valence-electron chi connectivity index (χ2n) is 6.27. The average molecular weight is 336 g/mol. The fraction of sp³-hybridized carbons (Fsp3) is 0.562. The number of amides is 3. The van der Waals surface area contributed by atoms with E-state index < -0.39 is 12.0 Å². The van der Waals surface area contributed by atoms with Crippen molar-refractivity contribution in [3.05, 3.63) is 16.0 Å². The van der Waals surface area contributed by atoms with Crippen LogP contribution in [0, 0.1) is 11.8 Å². The van der Waals surface area contributed by atoms with Crippen molar-refractivity contribution < 1.29 is 19.1 Å². The molecule has 6 nitrogen and oxygen atoms in total. The van der Waals surface area contributed by atoms with Gasteiger partial charge in [0.2, 0.25) is 5.91 Å². The number of carbonyl (C=O) groups is 3. The van der Waals surface area contributed by atoms with Crippen molar-refractivity contribution in [3.63, 3.8) is 0 Å². The Morgan fingerprint density at radius 1 is 1.22 bits per heavy atom. The highest BCUT2D eigenvalue weighted by Gasteiger charge is 2.33. The first-order chi connectivity index (χ1) is 11.0. The summed E-state index contributed by atoms with van der Waals surface area (Å²) in [6.07, 6.45) is 3.69. The molecule has 23 heavy (non-hydrogen) atoms. The van der Waals surface area contributed by atoms with Gasteiger partial charge in [0.25, 0.3) is 5.91 Å². The molecule has 0 radical (unpaired) electrons. The van der Waals surface area contributed by atoms with Crippen LogP contribution in [-0.4, -0.2) is 25.0 Å². The number of alkyl carbamates (subject to hydrolysis) is 1. The third-order valence-electron chi connectivity index (χ3n) is 4.32. The quantitative estimate of drug-likeness (QED) is 0.889. The molecule has 124 valence electrons. The van der Waals surface area contributed by atoms with Crippen molar-refractivity contribution in [1.82, 2.24) is 5.32 Å². The first kappa shape index (κ1) is 16.0. The van der Waals surface area contributed by atoms with Gasteiger partial charge in [0, 0.05) is 10.8 Å². The second kappa shape index (κ2) is 6.31. The monoisotopic (exact) mass is 336 g/mol. The summed E-state index contributed by atoms with van der Waals surface area (Å²) in [5.74, 6) is 0.0768. The van der Waals surface area contributed by atoms with Crippen molar-refractivity contribution in [2.45, 2.75) is 39.0 Å².